The van der Waals surface area contributed by atoms with Crippen LogP contribution < -0.4 is 26.8 Å². The fourth-order valence-electron chi connectivity index (χ4n) is 3.04. The summed E-state index contributed by atoms with van der Waals surface area (Å²) in [5.41, 5.74) is 8.30. The number of hydrogen-bond acceptors (Lipinski definition) is 6. The second-order valence-corrected chi connectivity index (χ2v) is 6.60. The lowest BCUT2D eigenvalue weighted by Crippen LogP contribution is -2.41. The SMILES string of the molecule is Cc1nc(N)ccc1CNC(=O)Cn1c(C)cc2c(c1=O)NC(=O)CN2C. The normalized spacial score (nSPS) is 13.1. The van der Waals surface area contributed by atoms with E-state index in [-0.39, 0.29) is 37.1 Å². The fourth-order valence-corrected chi connectivity index (χ4v) is 3.04. The smallest absolute Gasteiger partial charge is 0.277 e. The Kier molecular flexibility index (Phi) is 4.85. The number of carbonyl (C=O) groups excluding carboxylic acids is 2. The summed E-state index contributed by atoms with van der Waals surface area (Å²) in [6.07, 6.45) is 0. The van der Waals surface area contributed by atoms with Gasteiger partial charge in [0, 0.05) is 25.0 Å². The number of pyridine rings is 2. The molecule has 0 unspecified atom stereocenters. The third-order valence-electron chi connectivity index (χ3n) is 4.54. The van der Waals surface area contributed by atoms with E-state index in [2.05, 4.69) is 15.6 Å². The van der Waals surface area contributed by atoms with Crippen LogP contribution in [-0.2, 0) is 22.7 Å². The quantitative estimate of drug-likeness (QED) is 0.704. The molecule has 4 N–H and O–H groups in total. The van der Waals surface area contributed by atoms with E-state index in [0.717, 1.165) is 11.3 Å². The van der Waals surface area contributed by atoms with E-state index in [0.29, 0.717) is 17.2 Å². The lowest BCUT2D eigenvalue weighted by Gasteiger charge is -2.28. The molecule has 2 aromatic heterocycles. The van der Waals surface area contributed by atoms with E-state index in [1.165, 1.54) is 4.57 Å². The maximum atomic E-state index is 12.7. The minimum absolute atomic E-state index is 0.140. The van der Waals surface area contributed by atoms with Crippen LogP contribution in [0.2, 0.25) is 0 Å². The molecule has 0 aromatic carbocycles. The van der Waals surface area contributed by atoms with Crippen molar-refractivity contribution in [3.63, 3.8) is 0 Å². The van der Waals surface area contributed by atoms with Gasteiger partial charge in [0.25, 0.3) is 5.56 Å². The highest BCUT2D eigenvalue weighted by atomic mass is 16.2. The van der Waals surface area contributed by atoms with Crippen molar-refractivity contribution in [2.75, 3.05) is 29.5 Å². The van der Waals surface area contributed by atoms with Gasteiger partial charge in [0.15, 0.2) is 0 Å². The molecule has 0 atom stereocenters. The number of aromatic nitrogens is 2. The second-order valence-electron chi connectivity index (χ2n) is 6.60. The monoisotopic (exact) mass is 370 g/mol. The average molecular weight is 370 g/mol. The van der Waals surface area contributed by atoms with Gasteiger partial charge in [-0.1, -0.05) is 6.07 Å². The Bertz CT molecular complexity index is 982. The Morgan fingerprint density at radius 2 is 2.07 bits per heavy atom. The molecule has 0 aliphatic carbocycles. The highest BCUT2D eigenvalue weighted by Gasteiger charge is 2.24. The third-order valence-corrected chi connectivity index (χ3v) is 4.54. The Balaban J connectivity index is 1.77. The molecular formula is C18H22N6O3. The van der Waals surface area contributed by atoms with Gasteiger partial charge in [0.05, 0.1) is 12.2 Å². The van der Waals surface area contributed by atoms with Crippen molar-refractivity contribution in [3.05, 3.63) is 45.5 Å². The molecule has 9 heteroatoms. The maximum absolute atomic E-state index is 12.7. The fraction of sp³-hybridized carbons (Fsp3) is 0.333. The number of carbonyl (C=O) groups is 2. The molecule has 2 amide bonds. The summed E-state index contributed by atoms with van der Waals surface area (Å²) in [5, 5.41) is 5.39. The number of hydrogen-bond donors (Lipinski definition) is 3. The number of nitrogens with one attached hydrogen (secondary N) is 2. The van der Waals surface area contributed by atoms with Crippen molar-refractivity contribution in [2.45, 2.75) is 26.9 Å². The van der Waals surface area contributed by atoms with E-state index in [9.17, 15) is 14.4 Å². The first-order valence-electron chi connectivity index (χ1n) is 8.50. The number of rotatable bonds is 4. The van der Waals surface area contributed by atoms with Gasteiger partial charge in [0.2, 0.25) is 11.8 Å². The van der Waals surface area contributed by atoms with Crippen molar-refractivity contribution in [2.24, 2.45) is 0 Å². The van der Waals surface area contributed by atoms with Gasteiger partial charge in [-0.2, -0.15) is 0 Å². The van der Waals surface area contributed by atoms with Crippen molar-refractivity contribution in [1.82, 2.24) is 14.9 Å². The van der Waals surface area contributed by atoms with Crippen LogP contribution in [0.15, 0.2) is 23.0 Å². The van der Waals surface area contributed by atoms with Gasteiger partial charge < -0.3 is 25.8 Å². The van der Waals surface area contributed by atoms with Crippen LogP contribution in [0.3, 0.4) is 0 Å². The van der Waals surface area contributed by atoms with Crippen LogP contribution in [0.1, 0.15) is 17.0 Å². The molecule has 9 nitrogen and oxygen atoms in total. The zero-order chi connectivity index (χ0) is 19.7. The molecule has 2 aromatic rings. The maximum Gasteiger partial charge on any atom is 0.277 e. The number of anilines is 3. The molecular weight excluding hydrogens is 348 g/mol. The van der Waals surface area contributed by atoms with Crippen LogP contribution in [0.4, 0.5) is 17.2 Å². The number of amides is 2. The predicted octanol–water partition coefficient (Wildman–Crippen LogP) is 0.147. The Hall–Kier alpha value is -3.36. The largest absolute Gasteiger partial charge is 0.384 e. The number of fused-ring (bicyclic) bond motifs is 1. The average Bonchev–Trinajstić information content (AvgIpc) is 2.59. The van der Waals surface area contributed by atoms with E-state index in [4.69, 9.17) is 5.73 Å². The molecule has 0 spiro atoms. The molecule has 142 valence electrons. The number of nitrogens with zero attached hydrogens (tertiary/aromatic N) is 3. The number of aryl methyl sites for hydroxylation is 2. The molecule has 0 bridgehead atoms. The molecule has 1 aliphatic rings. The molecule has 3 heterocycles. The summed E-state index contributed by atoms with van der Waals surface area (Å²) in [5.74, 6) is -0.147. The van der Waals surface area contributed by atoms with Gasteiger partial charge in [-0.3, -0.25) is 14.4 Å². The van der Waals surface area contributed by atoms with Crippen LogP contribution >= 0.6 is 0 Å². The molecule has 3 rings (SSSR count). The van der Waals surface area contributed by atoms with Gasteiger partial charge in [-0.05, 0) is 31.5 Å². The van der Waals surface area contributed by atoms with E-state index in [1.807, 2.05) is 6.92 Å². The van der Waals surface area contributed by atoms with Gasteiger partial charge >= 0.3 is 0 Å². The zero-order valence-corrected chi connectivity index (χ0v) is 15.5. The van der Waals surface area contributed by atoms with Gasteiger partial charge in [-0.25, -0.2) is 4.98 Å². The van der Waals surface area contributed by atoms with Crippen LogP contribution in [0, 0.1) is 13.8 Å². The topological polar surface area (TPSA) is 122 Å². The highest BCUT2D eigenvalue weighted by molar-refractivity contribution is 6.00. The summed E-state index contributed by atoms with van der Waals surface area (Å²) in [6.45, 7) is 3.91. The van der Waals surface area contributed by atoms with E-state index < -0.39 is 5.56 Å². The van der Waals surface area contributed by atoms with Gasteiger partial charge in [0.1, 0.15) is 18.1 Å². The number of nitrogen functional groups attached to an aromatic ring is 1. The van der Waals surface area contributed by atoms with Crippen LogP contribution in [-0.4, -0.2) is 35.0 Å². The molecule has 1 aliphatic heterocycles. The molecule has 0 saturated heterocycles. The lowest BCUT2D eigenvalue weighted by atomic mass is 10.2. The lowest BCUT2D eigenvalue weighted by molar-refractivity contribution is -0.122. The van der Waals surface area contributed by atoms with Crippen molar-refractivity contribution >= 4 is 29.0 Å². The van der Waals surface area contributed by atoms with Crippen molar-refractivity contribution in [3.8, 4) is 0 Å². The zero-order valence-electron chi connectivity index (χ0n) is 15.5. The first-order chi connectivity index (χ1) is 12.8. The summed E-state index contributed by atoms with van der Waals surface area (Å²) >= 11 is 0. The summed E-state index contributed by atoms with van der Waals surface area (Å²) < 4.78 is 1.35. The second kappa shape index (κ2) is 7.10. The molecule has 0 radical (unpaired) electrons. The van der Waals surface area contributed by atoms with E-state index in [1.54, 1.807) is 37.1 Å². The van der Waals surface area contributed by atoms with Crippen LogP contribution in [0.25, 0.3) is 0 Å². The van der Waals surface area contributed by atoms with Gasteiger partial charge in [-0.15, -0.1) is 0 Å². The molecule has 0 saturated carbocycles. The number of likely N-dealkylation sites (N-methyl/N-ethyl adjacent to an activating group) is 1. The summed E-state index contributed by atoms with van der Waals surface area (Å²) in [4.78, 5) is 42.7. The summed E-state index contributed by atoms with van der Waals surface area (Å²) in [7, 11) is 1.75. The molecule has 27 heavy (non-hydrogen) atoms. The first kappa shape index (κ1) is 18.4. The predicted molar refractivity (Wildman–Crippen MR) is 103 cm³/mol. The first-order valence-corrected chi connectivity index (χ1v) is 8.50. The Morgan fingerprint density at radius 3 is 2.78 bits per heavy atom. The van der Waals surface area contributed by atoms with Crippen molar-refractivity contribution in [1.29, 1.82) is 0 Å². The standard InChI is InChI=1S/C18H22N6O3/c1-10-6-13-17(22-16(26)8-23(13)3)18(27)24(10)9-15(25)20-7-12-4-5-14(19)21-11(12)2/h4-6H,7-9H2,1-3H3,(H2,19,21)(H,20,25)(H,22,26). The van der Waals surface area contributed by atoms with Crippen LogP contribution in [0.5, 0.6) is 0 Å². The highest BCUT2D eigenvalue weighted by Crippen LogP contribution is 2.25. The Labute approximate surface area is 156 Å². The Morgan fingerprint density at radius 1 is 1.33 bits per heavy atom. The number of nitrogens with two attached hydrogens (primary N) is 1. The molecule has 0 fully saturated rings. The third kappa shape index (κ3) is 3.76. The van der Waals surface area contributed by atoms with E-state index >= 15 is 0 Å². The summed E-state index contributed by atoms with van der Waals surface area (Å²) in [6, 6.07) is 5.27. The van der Waals surface area contributed by atoms with Crippen molar-refractivity contribution < 1.29 is 9.59 Å². The minimum atomic E-state index is -0.398. The minimum Gasteiger partial charge on any atom is -0.384 e.